The van der Waals surface area contributed by atoms with Gasteiger partial charge in [-0.05, 0) is 6.92 Å². The Bertz CT molecular complexity index is 294. The molecule has 0 aromatic heterocycles. The van der Waals surface area contributed by atoms with Crippen LogP contribution in [0.5, 0.6) is 0 Å². The van der Waals surface area contributed by atoms with Crippen LogP contribution < -0.4 is 0 Å². The molecule has 0 bridgehead atoms. The maximum atomic E-state index is 11.2. The van der Waals surface area contributed by atoms with E-state index < -0.39 is 41.4 Å². The van der Waals surface area contributed by atoms with Gasteiger partial charge in [-0.15, -0.1) is 12.6 Å². The topological polar surface area (TPSA) is 127 Å². The number of ether oxygens (including phenoxy) is 1. The van der Waals surface area contributed by atoms with Crippen LogP contribution in [-0.2, 0) is 9.53 Å². The first kappa shape index (κ1) is 13.8. The maximum absolute atomic E-state index is 11.2. The van der Waals surface area contributed by atoms with Gasteiger partial charge in [0.25, 0.3) is 5.12 Å². The van der Waals surface area contributed by atoms with Crippen molar-refractivity contribution < 1.29 is 35.1 Å². The molecule has 0 spiro atoms. The first-order valence-corrected chi connectivity index (χ1v) is 4.96. The minimum atomic E-state index is -2.76. The van der Waals surface area contributed by atoms with Crippen LogP contribution in [0.15, 0.2) is 0 Å². The summed E-state index contributed by atoms with van der Waals surface area (Å²) in [6.07, 6.45) is -5.08. The van der Waals surface area contributed by atoms with E-state index in [1.807, 2.05) is 0 Å². The Morgan fingerprint density at radius 3 is 2.31 bits per heavy atom. The Labute approximate surface area is 96.7 Å². The minimum Gasteiger partial charge on any atom is -0.394 e. The molecule has 1 aliphatic heterocycles. The van der Waals surface area contributed by atoms with Gasteiger partial charge in [-0.1, -0.05) is 0 Å². The molecule has 0 amide bonds. The second-order valence-electron chi connectivity index (χ2n) is 3.71. The second kappa shape index (κ2) is 4.22. The largest absolute Gasteiger partial charge is 0.394 e. The summed E-state index contributed by atoms with van der Waals surface area (Å²) in [7, 11) is 0. The molecule has 8 heteroatoms. The number of hydrogen-bond acceptors (Lipinski definition) is 8. The predicted molar refractivity (Wildman–Crippen MR) is 53.5 cm³/mol. The van der Waals surface area contributed by atoms with E-state index in [2.05, 4.69) is 17.4 Å². The Balaban J connectivity index is 3.15. The van der Waals surface area contributed by atoms with Crippen molar-refractivity contribution in [3.8, 4) is 0 Å². The zero-order chi connectivity index (χ0) is 12.7. The molecule has 1 fully saturated rings. The summed E-state index contributed by atoms with van der Waals surface area (Å²) in [6.45, 7) is 0.189. The monoisotopic (exact) mass is 254 g/mol. The van der Waals surface area contributed by atoms with Crippen LogP contribution >= 0.6 is 12.6 Å². The first-order chi connectivity index (χ1) is 7.18. The predicted octanol–water partition coefficient (Wildman–Crippen LogP) is -3.00. The highest BCUT2D eigenvalue weighted by molar-refractivity contribution is 7.81. The van der Waals surface area contributed by atoms with E-state index in [1.165, 1.54) is 0 Å². The van der Waals surface area contributed by atoms with E-state index >= 15 is 0 Å². The number of aliphatic hydroxyl groups is 5. The lowest BCUT2D eigenvalue weighted by Gasteiger charge is -2.49. The Morgan fingerprint density at radius 2 is 1.94 bits per heavy atom. The summed E-state index contributed by atoms with van der Waals surface area (Å²) in [5, 5.41) is 44.6. The number of rotatable bonds is 2. The molecule has 5 N–H and O–H groups in total. The van der Waals surface area contributed by atoms with Crippen molar-refractivity contribution in [2.75, 3.05) is 6.61 Å². The Morgan fingerprint density at radius 1 is 1.44 bits per heavy atom. The molecule has 0 aromatic carbocycles. The number of hydrogen-bond donors (Lipinski definition) is 6. The van der Waals surface area contributed by atoms with Crippen LogP contribution in [0.3, 0.4) is 0 Å². The highest BCUT2D eigenvalue weighted by Crippen LogP contribution is 2.39. The summed E-state index contributed by atoms with van der Waals surface area (Å²) < 4.78 is 4.67. The number of carbonyl (C=O) groups excluding carboxylic acids is 1. The molecule has 7 nitrogen and oxygen atoms in total. The molecule has 0 aromatic rings. The fourth-order valence-electron chi connectivity index (χ4n) is 1.60. The van der Waals surface area contributed by atoms with Crippen LogP contribution in [0.25, 0.3) is 0 Å². The summed E-state index contributed by atoms with van der Waals surface area (Å²) in [5.74, 6) is -1.02. The molecule has 0 radical (unpaired) electrons. The van der Waals surface area contributed by atoms with Crippen molar-refractivity contribution in [2.45, 2.75) is 36.0 Å². The van der Waals surface area contributed by atoms with Crippen molar-refractivity contribution in [1.82, 2.24) is 0 Å². The highest BCUT2D eigenvalue weighted by atomic mass is 32.1. The minimum absolute atomic E-state index is 0.713. The van der Waals surface area contributed by atoms with Crippen molar-refractivity contribution in [3.63, 3.8) is 0 Å². The zero-order valence-corrected chi connectivity index (χ0v) is 9.33. The van der Waals surface area contributed by atoms with Gasteiger partial charge in [-0.3, -0.25) is 4.79 Å². The van der Waals surface area contributed by atoms with Gasteiger partial charge in [-0.2, -0.15) is 0 Å². The highest BCUT2D eigenvalue weighted by Gasteiger charge is 2.64. The Kier molecular flexibility index (Phi) is 3.65. The molecule has 5 atom stereocenters. The van der Waals surface area contributed by atoms with Crippen LogP contribution in [0.1, 0.15) is 6.92 Å². The van der Waals surface area contributed by atoms with Gasteiger partial charge in [0.15, 0.2) is 5.78 Å². The average molecular weight is 254 g/mol. The first-order valence-electron chi connectivity index (χ1n) is 4.51. The van der Waals surface area contributed by atoms with Crippen LogP contribution in [0.2, 0.25) is 0 Å². The van der Waals surface area contributed by atoms with Gasteiger partial charge in [0.1, 0.15) is 18.3 Å². The molecule has 1 saturated heterocycles. The van der Waals surface area contributed by atoms with E-state index in [0.29, 0.717) is 0 Å². The number of ketones is 1. The van der Waals surface area contributed by atoms with Crippen molar-refractivity contribution in [2.24, 2.45) is 0 Å². The molecule has 16 heavy (non-hydrogen) atoms. The number of thiol groups is 1. The van der Waals surface area contributed by atoms with Gasteiger partial charge in [0, 0.05) is 0 Å². The van der Waals surface area contributed by atoms with Gasteiger partial charge in [-0.25, -0.2) is 0 Å². The zero-order valence-electron chi connectivity index (χ0n) is 8.44. The maximum Gasteiger partial charge on any atom is 0.253 e. The molecule has 1 aliphatic rings. The average Bonchev–Trinajstić information content (AvgIpc) is 2.20. The van der Waals surface area contributed by atoms with E-state index in [0.717, 1.165) is 6.92 Å². The molecule has 1 rings (SSSR count). The normalized spacial score (nSPS) is 49.1. The fraction of sp³-hybridized carbons (Fsp3) is 0.875. The third-order valence-corrected chi connectivity index (χ3v) is 3.11. The second-order valence-corrected chi connectivity index (χ2v) is 4.31. The van der Waals surface area contributed by atoms with Gasteiger partial charge >= 0.3 is 0 Å². The van der Waals surface area contributed by atoms with Gasteiger partial charge in [0.05, 0.1) is 6.61 Å². The van der Waals surface area contributed by atoms with Crippen LogP contribution in [0, 0.1) is 0 Å². The SMILES string of the molecule is CC(=O)[C@@]1(O)[C@@H](O)[C@H](O)[C@@H](CO)OC1(O)S. The van der Waals surface area contributed by atoms with Crippen molar-refractivity contribution in [1.29, 1.82) is 0 Å². The van der Waals surface area contributed by atoms with Crippen LogP contribution in [-0.4, -0.2) is 67.0 Å². The standard InChI is InChI=1S/C8H14O7S/c1-3(10)7(13)6(12)5(11)4(2-9)15-8(7,14)16/h4-6,9,11-14,16H,2H2,1H3/t4-,5-,6+,7-,8?/m1/s1. The summed E-state index contributed by atoms with van der Waals surface area (Å²) in [4.78, 5) is 11.2. The molecule has 1 heterocycles. The summed E-state index contributed by atoms with van der Waals surface area (Å²) in [6, 6.07) is 0. The summed E-state index contributed by atoms with van der Waals surface area (Å²) in [5.41, 5.74) is -2.76. The lowest BCUT2D eigenvalue weighted by Crippen LogP contribution is -2.73. The number of carbonyl (C=O) groups is 1. The summed E-state index contributed by atoms with van der Waals surface area (Å²) >= 11 is 3.53. The number of aliphatic hydroxyl groups excluding tert-OH is 3. The van der Waals surface area contributed by atoms with Crippen molar-refractivity contribution in [3.05, 3.63) is 0 Å². The molecular weight excluding hydrogens is 240 g/mol. The number of Topliss-reactive ketones (excluding diaryl/α,β-unsaturated/α-hetero) is 1. The molecule has 0 saturated carbocycles. The molecule has 94 valence electrons. The third-order valence-electron chi connectivity index (χ3n) is 2.66. The quantitative estimate of drug-likeness (QED) is 0.229. The van der Waals surface area contributed by atoms with E-state index in [4.69, 9.17) is 5.11 Å². The van der Waals surface area contributed by atoms with E-state index in [1.54, 1.807) is 0 Å². The Hall–Kier alpha value is -0.220. The van der Waals surface area contributed by atoms with E-state index in [9.17, 15) is 25.2 Å². The molecule has 1 unspecified atom stereocenters. The van der Waals surface area contributed by atoms with Gasteiger partial charge < -0.3 is 30.3 Å². The lowest BCUT2D eigenvalue weighted by molar-refractivity contribution is -0.333. The van der Waals surface area contributed by atoms with E-state index in [-0.39, 0.29) is 0 Å². The fourth-order valence-corrected chi connectivity index (χ4v) is 2.02. The van der Waals surface area contributed by atoms with Gasteiger partial charge in [0.2, 0.25) is 5.60 Å². The molecular formula is C8H14O7S. The lowest BCUT2D eigenvalue weighted by atomic mass is 9.83. The van der Waals surface area contributed by atoms with Crippen molar-refractivity contribution >= 4 is 18.4 Å². The third kappa shape index (κ3) is 1.76. The van der Waals surface area contributed by atoms with Crippen LogP contribution in [0.4, 0.5) is 0 Å². The smallest absolute Gasteiger partial charge is 0.253 e. The molecule has 0 aliphatic carbocycles.